The molecule has 26 heavy (non-hydrogen) atoms. The van der Waals surface area contributed by atoms with Crippen LogP contribution < -0.4 is 5.32 Å². The van der Waals surface area contributed by atoms with Gasteiger partial charge in [-0.1, -0.05) is 11.6 Å². The maximum atomic E-state index is 12.8. The molecule has 1 aliphatic carbocycles. The highest BCUT2D eigenvalue weighted by atomic mass is 35.5. The number of nitrogens with one attached hydrogen (secondary N) is 1. The Balaban J connectivity index is 1.46. The Morgan fingerprint density at radius 3 is 3.04 bits per heavy atom. The van der Waals surface area contributed by atoms with E-state index in [0.717, 1.165) is 18.7 Å². The molecule has 1 aromatic carbocycles. The molecule has 1 N–H and O–H groups in total. The number of hydrogen-bond acceptors (Lipinski definition) is 4. The van der Waals surface area contributed by atoms with Crippen LogP contribution in [0.3, 0.4) is 0 Å². The van der Waals surface area contributed by atoms with Gasteiger partial charge in [-0.05, 0) is 49.4 Å². The van der Waals surface area contributed by atoms with Crippen molar-refractivity contribution in [3.05, 3.63) is 47.2 Å². The molecule has 2 atom stereocenters. The molecule has 6 nitrogen and oxygen atoms in total. The van der Waals surface area contributed by atoms with Crippen LogP contribution >= 0.6 is 11.6 Å². The summed E-state index contributed by atoms with van der Waals surface area (Å²) in [6.07, 6.45) is 6.78. The lowest BCUT2D eigenvalue weighted by atomic mass is 10.1. The molecule has 1 aromatic heterocycles. The summed E-state index contributed by atoms with van der Waals surface area (Å²) >= 11 is 6.26. The molecule has 7 heteroatoms. The van der Waals surface area contributed by atoms with Crippen LogP contribution in [0.1, 0.15) is 29.6 Å². The first-order chi connectivity index (χ1) is 12.7. The van der Waals surface area contributed by atoms with Crippen LogP contribution in [0.15, 0.2) is 36.7 Å². The highest BCUT2D eigenvalue weighted by molar-refractivity contribution is 6.33. The predicted octanol–water partition coefficient (Wildman–Crippen LogP) is 2.84. The summed E-state index contributed by atoms with van der Waals surface area (Å²) in [6, 6.07) is 6.95. The third-order valence-corrected chi connectivity index (χ3v) is 5.15. The summed E-state index contributed by atoms with van der Waals surface area (Å²) in [4.78, 5) is 12.8. The monoisotopic (exact) mass is 375 g/mol. The molecule has 1 saturated carbocycles. The third-order valence-electron chi connectivity index (χ3n) is 4.82. The molecule has 2 heterocycles. The fourth-order valence-electron chi connectivity index (χ4n) is 3.09. The zero-order valence-electron chi connectivity index (χ0n) is 14.4. The van der Waals surface area contributed by atoms with E-state index in [4.69, 9.17) is 21.1 Å². The Labute approximate surface area is 157 Å². The van der Waals surface area contributed by atoms with Crippen molar-refractivity contribution >= 4 is 17.5 Å². The predicted molar refractivity (Wildman–Crippen MR) is 97.7 cm³/mol. The Hall–Kier alpha value is -1.89. The molecule has 1 aliphatic heterocycles. The zero-order valence-corrected chi connectivity index (χ0v) is 15.2. The number of rotatable bonds is 6. The summed E-state index contributed by atoms with van der Waals surface area (Å²) in [5.41, 5.74) is 1.21. The van der Waals surface area contributed by atoms with Gasteiger partial charge in [0.05, 0.1) is 35.0 Å². The van der Waals surface area contributed by atoms with Crippen molar-refractivity contribution in [2.24, 2.45) is 5.92 Å². The minimum atomic E-state index is -0.223. The van der Waals surface area contributed by atoms with Crippen LogP contribution in [-0.4, -0.2) is 47.7 Å². The summed E-state index contributed by atoms with van der Waals surface area (Å²) in [5.74, 6) is 0.467. The van der Waals surface area contributed by atoms with Crippen molar-refractivity contribution in [3.8, 4) is 5.69 Å². The molecule has 2 aliphatic rings. The molecule has 1 saturated heterocycles. The normalized spacial score (nSPS) is 23.0. The average Bonchev–Trinajstić information content (AvgIpc) is 3.32. The van der Waals surface area contributed by atoms with Gasteiger partial charge in [-0.3, -0.25) is 4.79 Å². The van der Waals surface area contributed by atoms with E-state index in [1.807, 2.05) is 18.3 Å². The fraction of sp³-hybridized carbons (Fsp3) is 0.474. The molecule has 138 valence electrons. The number of hydrogen-bond donors (Lipinski definition) is 1. The number of ether oxygens (including phenoxy) is 2. The van der Waals surface area contributed by atoms with Gasteiger partial charge in [-0.15, -0.1) is 0 Å². The van der Waals surface area contributed by atoms with Crippen molar-refractivity contribution in [1.82, 2.24) is 15.1 Å². The lowest BCUT2D eigenvalue weighted by Crippen LogP contribution is -2.50. The van der Waals surface area contributed by atoms with Gasteiger partial charge in [0.1, 0.15) is 0 Å². The minimum Gasteiger partial charge on any atom is -0.379 e. The molecule has 0 radical (unpaired) electrons. The van der Waals surface area contributed by atoms with Gasteiger partial charge in [0.2, 0.25) is 0 Å². The Morgan fingerprint density at radius 2 is 2.27 bits per heavy atom. The minimum absolute atomic E-state index is 0.0126. The molecule has 2 aromatic rings. The van der Waals surface area contributed by atoms with Crippen molar-refractivity contribution in [3.63, 3.8) is 0 Å². The summed E-state index contributed by atoms with van der Waals surface area (Å²) in [7, 11) is 0. The molecule has 2 fully saturated rings. The number of carbonyl (C=O) groups is 1. The number of aromatic nitrogens is 2. The van der Waals surface area contributed by atoms with Crippen LogP contribution in [0.4, 0.5) is 0 Å². The average molecular weight is 376 g/mol. The second kappa shape index (κ2) is 7.78. The smallest absolute Gasteiger partial charge is 0.253 e. The summed E-state index contributed by atoms with van der Waals surface area (Å²) in [6.45, 7) is 1.89. The number of carbonyl (C=O) groups excluding carboxylic acids is 1. The number of halogens is 1. The molecular formula is C19H22ClN3O3. The zero-order chi connectivity index (χ0) is 17.9. The van der Waals surface area contributed by atoms with Gasteiger partial charge in [-0.25, -0.2) is 4.68 Å². The second-order valence-electron chi connectivity index (χ2n) is 6.87. The van der Waals surface area contributed by atoms with Crippen LogP contribution in [-0.2, 0) is 9.47 Å². The first-order valence-corrected chi connectivity index (χ1v) is 9.38. The van der Waals surface area contributed by atoms with Crippen molar-refractivity contribution < 1.29 is 14.3 Å². The molecule has 0 spiro atoms. The quantitative estimate of drug-likeness (QED) is 0.843. The van der Waals surface area contributed by atoms with Gasteiger partial charge in [0.15, 0.2) is 0 Å². The van der Waals surface area contributed by atoms with E-state index >= 15 is 0 Å². The summed E-state index contributed by atoms with van der Waals surface area (Å²) in [5, 5.41) is 7.64. The third kappa shape index (κ3) is 4.09. The Bertz CT molecular complexity index is 761. The Morgan fingerprint density at radius 1 is 1.38 bits per heavy atom. The van der Waals surface area contributed by atoms with E-state index in [0.29, 0.717) is 29.7 Å². The van der Waals surface area contributed by atoms with E-state index in [-0.39, 0.29) is 18.1 Å². The van der Waals surface area contributed by atoms with Crippen molar-refractivity contribution in [1.29, 1.82) is 0 Å². The molecule has 1 amide bonds. The van der Waals surface area contributed by atoms with Crippen molar-refractivity contribution in [2.45, 2.75) is 31.4 Å². The van der Waals surface area contributed by atoms with Crippen LogP contribution in [0.25, 0.3) is 5.69 Å². The Kier molecular flexibility index (Phi) is 5.24. The largest absolute Gasteiger partial charge is 0.379 e. The maximum absolute atomic E-state index is 12.8. The first kappa shape index (κ1) is 17.5. The second-order valence-corrected chi connectivity index (χ2v) is 7.28. The standard InChI is InChI=1S/C19H22ClN3O3/c20-16-5-4-14(23-8-1-7-21-23)10-15(16)19(24)22-17-12-25-9-6-18(17)26-11-13-2-3-13/h1,4-5,7-8,10,13,17-18H,2-3,6,9,11-12H2,(H,22,24)/t17-,18+/m1/s1. The summed E-state index contributed by atoms with van der Waals surface area (Å²) < 4.78 is 13.3. The van der Waals surface area contributed by atoms with E-state index < -0.39 is 0 Å². The fourth-order valence-corrected chi connectivity index (χ4v) is 3.30. The molecular weight excluding hydrogens is 354 g/mol. The molecule has 0 bridgehead atoms. The van der Waals surface area contributed by atoms with Gasteiger partial charge in [0.25, 0.3) is 5.91 Å². The van der Waals surface area contributed by atoms with Crippen LogP contribution in [0.5, 0.6) is 0 Å². The topological polar surface area (TPSA) is 65.4 Å². The van der Waals surface area contributed by atoms with E-state index in [9.17, 15) is 4.79 Å². The lowest BCUT2D eigenvalue weighted by molar-refractivity contribution is -0.0567. The van der Waals surface area contributed by atoms with E-state index in [2.05, 4.69) is 10.4 Å². The highest BCUT2D eigenvalue weighted by Crippen LogP contribution is 2.30. The van der Waals surface area contributed by atoms with Crippen molar-refractivity contribution in [2.75, 3.05) is 19.8 Å². The van der Waals surface area contributed by atoms with Gasteiger partial charge >= 0.3 is 0 Å². The maximum Gasteiger partial charge on any atom is 0.253 e. The lowest BCUT2D eigenvalue weighted by Gasteiger charge is -2.32. The SMILES string of the molecule is O=C(N[C@@H]1COCC[C@@H]1OCC1CC1)c1cc(-n2cccn2)ccc1Cl. The van der Waals surface area contributed by atoms with E-state index in [1.54, 1.807) is 23.0 Å². The van der Waals surface area contributed by atoms with Gasteiger partial charge in [0, 0.05) is 25.6 Å². The number of benzene rings is 1. The van der Waals surface area contributed by atoms with Gasteiger partial charge in [-0.2, -0.15) is 5.10 Å². The van der Waals surface area contributed by atoms with Gasteiger partial charge < -0.3 is 14.8 Å². The number of nitrogens with zero attached hydrogens (tertiary/aromatic N) is 2. The van der Waals surface area contributed by atoms with E-state index in [1.165, 1.54) is 12.8 Å². The van der Waals surface area contributed by atoms with Crippen LogP contribution in [0.2, 0.25) is 5.02 Å². The first-order valence-electron chi connectivity index (χ1n) is 9.00. The highest BCUT2D eigenvalue weighted by Gasteiger charge is 2.31. The molecule has 0 unspecified atom stereocenters. The molecule has 4 rings (SSSR count). The number of amides is 1. The van der Waals surface area contributed by atoms with Crippen LogP contribution in [0, 0.1) is 5.92 Å².